The lowest BCUT2D eigenvalue weighted by molar-refractivity contribution is -0.0722. The van der Waals surface area contributed by atoms with Crippen LogP contribution < -0.4 is 0 Å². The van der Waals surface area contributed by atoms with Gasteiger partial charge in [0.2, 0.25) is 0 Å². The Morgan fingerprint density at radius 2 is 2.12 bits per heavy atom. The molecule has 0 spiro atoms. The zero-order chi connectivity index (χ0) is 6.20. The van der Waals surface area contributed by atoms with Gasteiger partial charge in [0.25, 0.3) is 0 Å². The van der Waals surface area contributed by atoms with Gasteiger partial charge in [-0.25, -0.2) is 0 Å². The van der Waals surface area contributed by atoms with Gasteiger partial charge in [-0.1, -0.05) is 0 Å². The van der Waals surface area contributed by atoms with E-state index in [9.17, 15) is 0 Å². The largest absolute Gasteiger partial charge is 0.396 e. The lowest BCUT2D eigenvalue weighted by atomic mass is 9.73. The van der Waals surface area contributed by atoms with Crippen LogP contribution in [0.15, 0.2) is 0 Å². The van der Waals surface area contributed by atoms with Gasteiger partial charge >= 0.3 is 0 Å². The molecule has 1 aliphatic carbocycles. The van der Waals surface area contributed by atoms with E-state index in [1.807, 2.05) is 0 Å². The first kappa shape index (κ1) is 6.05. The summed E-state index contributed by atoms with van der Waals surface area (Å²) in [5.74, 6) is 0.366. The van der Waals surface area contributed by atoms with Gasteiger partial charge in [-0.3, -0.25) is 0 Å². The molecule has 2 nitrogen and oxygen atoms in total. The third-order valence-corrected chi connectivity index (χ3v) is 1.72. The van der Waals surface area contributed by atoms with Gasteiger partial charge in [0.1, 0.15) is 0 Å². The second-order valence-corrected chi connectivity index (χ2v) is 2.95. The van der Waals surface area contributed by atoms with Crippen molar-refractivity contribution in [2.75, 3.05) is 6.61 Å². The summed E-state index contributed by atoms with van der Waals surface area (Å²) in [6.45, 7) is 2.04. The van der Waals surface area contributed by atoms with E-state index in [4.69, 9.17) is 10.2 Å². The second kappa shape index (κ2) is 1.71. The van der Waals surface area contributed by atoms with Crippen LogP contribution in [0.25, 0.3) is 0 Å². The average molecular weight is 116 g/mol. The molecule has 0 bridgehead atoms. The molecule has 1 saturated carbocycles. The summed E-state index contributed by atoms with van der Waals surface area (Å²) in [7, 11) is 0. The molecule has 0 amide bonds. The number of hydrogen-bond acceptors (Lipinski definition) is 2. The molecule has 2 heteroatoms. The monoisotopic (exact) mass is 116 g/mol. The summed E-state index contributed by atoms with van der Waals surface area (Å²) in [5, 5.41) is 17.6. The molecule has 8 heavy (non-hydrogen) atoms. The van der Waals surface area contributed by atoms with Gasteiger partial charge in [-0.15, -0.1) is 0 Å². The minimum absolute atomic E-state index is 0.232. The molecule has 2 N–H and O–H groups in total. The van der Waals surface area contributed by atoms with Crippen LogP contribution in [0, 0.1) is 5.92 Å². The molecule has 0 heterocycles. The van der Waals surface area contributed by atoms with Crippen LogP contribution in [-0.4, -0.2) is 22.4 Å². The van der Waals surface area contributed by atoms with Crippen molar-refractivity contribution < 1.29 is 10.2 Å². The van der Waals surface area contributed by atoms with Crippen molar-refractivity contribution in [2.45, 2.75) is 25.4 Å². The zero-order valence-electron chi connectivity index (χ0n) is 5.09. The van der Waals surface area contributed by atoms with Gasteiger partial charge < -0.3 is 10.2 Å². The first-order valence-corrected chi connectivity index (χ1v) is 2.97. The van der Waals surface area contributed by atoms with E-state index in [-0.39, 0.29) is 6.61 Å². The maximum absolute atomic E-state index is 9.10. The fourth-order valence-electron chi connectivity index (χ4n) is 1.31. The molecule has 0 aromatic heterocycles. The van der Waals surface area contributed by atoms with Crippen molar-refractivity contribution in [3.63, 3.8) is 0 Å². The number of aliphatic hydroxyl groups is 2. The average Bonchev–Trinajstić information content (AvgIpc) is 1.60. The highest BCUT2D eigenvalue weighted by molar-refractivity contribution is 4.89. The summed E-state index contributed by atoms with van der Waals surface area (Å²) in [4.78, 5) is 0. The van der Waals surface area contributed by atoms with Crippen molar-refractivity contribution in [1.82, 2.24) is 0 Å². The minimum Gasteiger partial charge on any atom is -0.396 e. The van der Waals surface area contributed by atoms with Gasteiger partial charge in [-0.2, -0.15) is 0 Å². The van der Waals surface area contributed by atoms with Gasteiger partial charge in [0.05, 0.1) is 5.60 Å². The molecule has 0 radical (unpaired) electrons. The quantitative estimate of drug-likeness (QED) is 0.511. The summed E-state index contributed by atoms with van der Waals surface area (Å²) < 4.78 is 0. The maximum atomic E-state index is 9.10. The van der Waals surface area contributed by atoms with Gasteiger partial charge in [0, 0.05) is 6.61 Å². The molecule has 1 aliphatic rings. The van der Waals surface area contributed by atoms with Crippen LogP contribution in [0.2, 0.25) is 0 Å². The van der Waals surface area contributed by atoms with E-state index in [1.54, 1.807) is 6.92 Å². The first-order valence-electron chi connectivity index (χ1n) is 2.97. The molecule has 1 rings (SSSR count). The number of rotatable bonds is 1. The standard InChI is InChI=1S/C6H12O2/c1-6(8)2-5(3-6)4-7/h5,7-8H,2-4H2,1H3/t5-,6-. The fourth-order valence-corrected chi connectivity index (χ4v) is 1.31. The second-order valence-electron chi connectivity index (χ2n) is 2.95. The molecular weight excluding hydrogens is 104 g/mol. The molecule has 0 aromatic rings. The van der Waals surface area contributed by atoms with E-state index in [0.717, 1.165) is 12.8 Å². The molecule has 0 aliphatic heterocycles. The third kappa shape index (κ3) is 1.01. The predicted octanol–water partition coefficient (Wildman–Crippen LogP) is 0.140. The van der Waals surface area contributed by atoms with Crippen LogP contribution in [0.3, 0.4) is 0 Å². The van der Waals surface area contributed by atoms with Crippen LogP contribution >= 0.6 is 0 Å². The summed E-state index contributed by atoms with van der Waals surface area (Å²) in [6, 6.07) is 0. The summed E-state index contributed by atoms with van der Waals surface area (Å²) in [6.07, 6.45) is 1.53. The summed E-state index contributed by atoms with van der Waals surface area (Å²) in [5.41, 5.74) is -0.465. The minimum atomic E-state index is -0.465. The van der Waals surface area contributed by atoms with E-state index >= 15 is 0 Å². The third-order valence-electron chi connectivity index (χ3n) is 1.72. The van der Waals surface area contributed by atoms with Crippen LogP contribution in [0.1, 0.15) is 19.8 Å². The van der Waals surface area contributed by atoms with Crippen molar-refractivity contribution in [2.24, 2.45) is 5.92 Å². The molecule has 0 atom stereocenters. The van der Waals surface area contributed by atoms with Crippen molar-refractivity contribution >= 4 is 0 Å². The van der Waals surface area contributed by atoms with Crippen molar-refractivity contribution in [3.05, 3.63) is 0 Å². The summed E-state index contributed by atoms with van der Waals surface area (Å²) >= 11 is 0. The fraction of sp³-hybridized carbons (Fsp3) is 1.00. The molecule has 0 saturated heterocycles. The van der Waals surface area contributed by atoms with Crippen molar-refractivity contribution in [3.8, 4) is 0 Å². The Labute approximate surface area is 49.1 Å². The van der Waals surface area contributed by atoms with E-state index in [0.29, 0.717) is 5.92 Å². The smallest absolute Gasteiger partial charge is 0.0626 e. The highest BCUT2D eigenvalue weighted by Gasteiger charge is 2.37. The van der Waals surface area contributed by atoms with E-state index in [2.05, 4.69) is 0 Å². The van der Waals surface area contributed by atoms with E-state index < -0.39 is 5.60 Å². The predicted molar refractivity (Wildman–Crippen MR) is 30.4 cm³/mol. The molecule has 0 unspecified atom stereocenters. The topological polar surface area (TPSA) is 40.5 Å². The maximum Gasteiger partial charge on any atom is 0.0626 e. The Morgan fingerprint density at radius 3 is 2.25 bits per heavy atom. The first-order chi connectivity index (χ1) is 3.64. The van der Waals surface area contributed by atoms with Crippen LogP contribution in [0.5, 0.6) is 0 Å². The Bertz CT molecular complexity index is 80.5. The normalized spacial score (nSPS) is 46.1. The Hall–Kier alpha value is -0.0800. The lowest BCUT2D eigenvalue weighted by Gasteiger charge is -2.39. The van der Waals surface area contributed by atoms with Gasteiger partial charge in [-0.05, 0) is 25.7 Å². The van der Waals surface area contributed by atoms with Crippen molar-refractivity contribution in [1.29, 1.82) is 0 Å². The zero-order valence-corrected chi connectivity index (χ0v) is 5.09. The van der Waals surface area contributed by atoms with E-state index in [1.165, 1.54) is 0 Å². The lowest BCUT2D eigenvalue weighted by Crippen LogP contribution is -2.42. The molecule has 0 aromatic carbocycles. The molecule has 48 valence electrons. The van der Waals surface area contributed by atoms with Crippen LogP contribution in [-0.2, 0) is 0 Å². The molecule has 1 fully saturated rings. The Morgan fingerprint density at radius 1 is 1.62 bits per heavy atom. The Kier molecular flexibility index (Phi) is 1.29. The number of hydrogen-bond donors (Lipinski definition) is 2. The SMILES string of the molecule is C[C@]1(O)C[C@H](CO)C1. The highest BCUT2D eigenvalue weighted by atomic mass is 16.3. The molecular formula is C6H12O2. The number of aliphatic hydroxyl groups excluding tert-OH is 1. The highest BCUT2D eigenvalue weighted by Crippen LogP contribution is 2.36. The van der Waals surface area contributed by atoms with Gasteiger partial charge in [0.15, 0.2) is 0 Å². The Balaban J connectivity index is 2.21. The van der Waals surface area contributed by atoms with Crippen LogP contribution in [0.4, 0.5) is 0 Å².